The van der Waals surface area contributed by atoms with Crippen LogP contribution in [0.5, 0.6) is 0 Å². The Labute approximate surface area is 182 Å². The first-order valence-electron chi connectivity index (χ1n) is 10.5. The number of carbonyl (C=O) groups is 4. The summed E-state index contributed by atoms with van der Waals surface area (Å²) in [6.45, 7) is 5.48. The summed E-state index contributed by atoms with van der Waals surface area (Å²) in [6.07, 6.45) is 0.648. The molecule has 1 saturated heterocycles. The predicted molar refractivity (Wildman–Crippen MR) is 115 cm³/mol. The Morgan fingerprint density at radius 3 is 2.45 bits per heavy atom. The second kappa shape index (κ2) is 12.7. The Morgan fingerprint density at radius 2 is 1.90 bits per heavy atom. The van der Waals surface area contributed by atoms with Gasteiger partial charge in [-0.15, -0.1) is 0 Å². The molecule has 0 unspecified atom stereocenters. The van der Waals surface area contributed by atoms with Crippen LogP contribution in [-0.4, -0.2) is 83.5 Å². The van der Waals surface area contributed by atoms with Gasteiger partial charge in [0, 0.05) is 26.6 Å². The number of aliphatic hydroxyl groups excluding tert-OH is 1. The summed E-state index contributed by atoms with van der Waals surface area (Å²) in [6, 6.07) is -2.79. The molecule has 0 saturated carbocycles. The molecule has 176 valence electrons. The third kappa shape index (κ3) is 8.40. The van der Waals surface area contributed by atoms with Crippen molar-refractivity contribution in [2.45, 2.75) is 70.7 Å². The van der Waals surface area contributed by atoms with Gasteiger partial charge in [0.15, 0.2) is 5.96 Å². The number of aliphatic imine (C=N–C) groups is 1. The quantitative estimate of drug-likeness (QED) is 0.116. The van der Waals surface area contributed by atoms with Crippen molar-refractivity contribution < 1.29 is 24.3 Å². The van der Waals surface area contributed by atoms with Crippen LogP contribution in [-0.2, 0) is 19.2 Å². The van der Waals surface area contributed by atoms with E-state index in [1.807, 2.05) is 0 Å². The molecule has 4 amide bonds. The van der Waals surface area contributed by atoms with E-state index in [4.69, 9.17) is 11.5 Å². The molecule has 12 nitrogen and oxygen atoms in total. The Bertz CT molecular complexity index is 679. The Morgan fingerprint density at radius 1 is 1.23 bits per heavy atom. The molecule has 8 N–H and O–H groups in total. The fourth-order valence-electron chi connectivity index (χ4n) is 3.44. The van der Waals surface area contributed by atoms with Crippen molar-refractivity contribution in [3.63, 3.8) is 0 Å². The highest BCUT2D eigenvalue weighted by molar-refractivity contribution is 5.94. The highest BCUT2D eigenvalue weighted by Crippen LogP contribution is 2.20. The van der Waals surface area contributed by atoms with Gasteiger partial charge in [-0.2, -0.15) is 0 Å². The molecule has 0 bridgehead atoms. The average molecular weight is 442 g/mol. The molecule has 0 aliphatic carbocycles. The number of nitrogens with two attached hydrogens (primary N) is 2. The topological polar surface area (TPSA) is 192 Å². The first-order valence-corrected chi connectivity index (χ1v) is 10.5. The zero-order valence-electron chi connectivity index (χ0n) is 18.4. The van der Waals surface area contributed by atoms with Gasteiger partial charge in [-0.3, -0.25) is 24.2 Å². The number of hydrogen-bond acceptors (Lipinski definition) is 6. The number of likely N-dealkylation sites (N-methyl/N-ethyl adjacent to an activating group) is 1. The number of nitrogens with one attached hydrogen (secondary N) is 3. The lowest BCUT2D eigenvalue weighted by atomic mass is 10.1. The lowest BCUT2D eigenvalue weighted by Crippen LogP contribution is -2.58. The normalized spacial score (nSPS) is 18.5. The minimum Gasteiger partial charge on any atom is -0.391 e. The fraction of sp³-hybridized carbons (Fsp3) is 0.737. The summed E-state index contributed by atoms with van der Waals surface area (Å²) in [5, 5.41) is 17.6. The van der Waals surface area contributed by atoms with E-state index in [9.17, 15) is 24.3 Å². The van der Waals surface area contributed by atoms with Gasteiger partial charge in [0.25, 0.3) is 0 Å². The van der Waals surface area contributed by atoms with Crippen LogP contribution in [0.4, 0.5) is 0 Å². The van der Waals surface area contributed by atoms with Crippen molar-refractivity contribution in [3.8, 4) is 0 Å². The van der Waals surface area contributed by atoms with Crippen LogP contribution in [0.15, 0.2) is 4.99 Å². The summed E-state index contributed by atoms with van der Waals surface area (Å²) >= 11 is 0. The van der Waals surface area contributed by atoms with E-state index in [0.29, 0.717) is 32.4 Å². The molecule has 12 heteroatoms. The standard InChI is InChI=1S/C19H35N7O5/c1-4-22-16(29)14-8-6-10-26(14)18(31)13(7-5-9-23-19(20)21)25-17(30)15(11(2)27)24-12(3)28/h11,13-15,27H,4-10H2,1-3H3,(H,22,29)(H,24,28)(H,25,30)(H4,20,21,23)/t11-,13+,14+,15-/m1/s1. The highest BCUT2D eigenvalue weighted by Gasteiger charge is 2.38. The molecule has 4 atom stereocenters. The Kier molecular flexibility index (Phi) is 10.7. The summed E-state index contributed by atoms with van der Waals surface area (Å²) < 4.78 is 0. The Balaban J connectivity index is 2.99. The molecule has 0 aromatic carbocycles. The molecule has 1 heterocycles. The number of nitrogens with zero attached hydrogens (tertiary/aromatic N) is 2. The van der Waals surface area contributed by atoms with Crippen LogP contribution in [0.1, 0.15) is 46.5 Å². The van der Waals surface area contributed by atoms with E-state index in [2.05, 4.69) is 20.9 Å². The van der Waals surface area contributed by atoms with Gasteiger partial charge in [0.1, 0.15) is 18.1 Å². The number of aliphatic hydroxyl groups is 1. The number of rotatable bonds is 11. The highest BCUT2D eigenvalue weighted by atomic mass is 16.3. The zero-order chi connectivity index (χ0) is 23.6. The first kappa shape index (κ1) is 26.1. The van der Waals surface area contributed by atoms with Gasteiger partial charge in [-0.1, -0.05) is 0 Å². The number of hydrogen-bond donors (Lipinski definition) is 6. The number of guanidine groups is 1. The summed E-state index contributed by atoms with van der Waals surface area (Å²) in [4.78, 5) is 55.0. The molecule has 0 spiro atoms. The van der Waals surface area contributed by atoms with Crippen LogP contribution < -0.4 is 27.4 Å². The van der Waals surface area contributed by atoms with Crippen molar-refractivity contribution in [1.29, 1.82) is 0 Å². The average Bonchev–Trinajstić information content (AvgIpc) is 3.17. The third-order valence-electron chi connectivity index (χ3n) is 4.87. The lowest BCUT2D eigenvalue weighted by molar-refractivity contribution is -0.142. The lowest BCUT2D eigenvalue weighted by Gasteiger charge is -2.30. The number of amides is 4. The maximum Gasteiger partial charge on any atom is 0.245 e. The van der Waals surface area contributed by atoms with Gasteiger partial charge in [-0.05, 0) is 39.5 Å². The zero-order valence-corrected chi connectivity index (χ0v) is 18.4. The monoisotopic (exact) mass is 441 g/mol. The van der Waals surface area contributed by atoms with Gasteiger partial charge in [0.05, 0.1) is 6.10 Å². The van der Waals surface area contributed by atoms with Gasteiger partial charge >= 0.3 is 0 Å². The first-order chi connectivity index (χ1) is 14.6. The molecular formula is C19H35N7O5. The fourth-order valence-corrected chi connectivity index (χ4v) is 3.44. The van der Waals surface area contributed by atoms with E-state index in [1.54, 1.807) is 6.92 Å². The number of carbonyl (C=O) groups excluding carboxylic acids is 4. The Hall–Kier alpha value is -2.89. The van der Waals surface area contributed by atoms with E-state index in [0.717, 1.165) is 0 Å². The maximum atomic E-state index is 13.2. The smallest absolute Gasteiger partial charge is 0.245 e. The van der Waals surface area contributed by atoms with Crippen molar-refractivity contribution in [2.24, 2.45) is 16.5 Å². The van der Waals surface area contributed by atoms with Crippen molar-refractivity contribution >= 4 is 29.6 Å². The van der Waals surface area contributed by atoms with Crippen LogP contribution in [0.3, 0.4) is 0 Å². The largest absolute Gasteiger partial charge is 0.391 e. The molecular weight excluding hydrogens is 406 g/mol. The summed E-state index contributed by atoms with van der Waals surface area (Å²) in [5.74, 6) is -1.91. The van der Waals surface area contributed by atoms with Crippen molar-refractivity contribution in [3.05, 3.63) is 0 Å². The molecule has 1 aliphatic heterocycles. The molecule has 0 aromatic rings. The second-order valence-corrected chi connectivity index (χ2v) is 7.51. The van der Waals surface area contributed by atoms with Crippen molar-refractivity contribution in [2.75, 3.05) is 19.6 Å². The van der Waals surface area contributed by atoms with Gasteiger partial charge in [-0.25, -0.2) is 0 Å². The second-order valence-electron chi connectivity index (χ2n) is 7.51. The van der Waals surface area contributed by atoms with Crippen LogP contribution >= 0.6 is 0 Å². The van der Waals surface area contributed by atoms with E-state index >= 15 is 0 Å². The molecule has 1 aliphatic rings. The third-order valence-corrected chi connectivity index (χ3v) is 4.87. The van der Waals surface area contributed by atoms with Crippen LogP contribution in [0.2, 0.25) is 0 Å². The predicted octanol–water partition coefficient (Wildman–Crippen LogP) is -2.46. The van der Waals surface area contributed by atoms with Gasteiger partial charge < -0.3 is 37.4 Å². The molecule has 31 heavy (non-hydrogen) atoms. The molecule has 1 fully saturated rings. The van der Waals surface area contributed by atoms with Crippen molar-refractivity contribution in [1.82, 2.24) is 20.9 Å². The number of likely N-dealkylation sites (tertiary alicyclic amines) is 1. The molecule has 1 rings (SSSR count). The molecule has 0 aromatic heterocycles. The van der Waals surface area contributed by atoms with E-state index < -0.39 is 42.0 Å². The van der Waals surface area contributed by atoms with Crippen LogP contribution in [0.25, 0.3) is 0 Å². The SMILES string of the molecule is CCNC(=O)[C@@H]1CCCN1C(=O)[C@H](CCCN=C(N)N)NC(=O)[C@H](NC(C)=O)[C@@H](C)O. The minimum absolute atomic E-state index is 0.0809. The van der Waals surface area contributed by atoms with E-state index in [1.165, 1.54) is 18.7 Å². The maximum absolute atomic E-state index is 13.2. The summed E-state index contributed by atoms with van der Waals surface area (Å²) in [7, 11) is 0. The molecule has 0 radical (unpaired) electrons. The summed E-state index contributed by atoms with van der Waals surface area (Å²) in [5.41, 5.74) is 10.6. The van der Waals surface area contributed by atoms with Gasteiger partial charge in [0.2, 0.25) is 23.6 Å². The van der Waals surface area contributed by atoms with Crippen LogP contribution in [0, 0.1) is 0 Å². The van der Waals surface area contributed by atoms with E-state index in [-0.39, 0.29) is 24.8 Å². The minimum atomic E-state index is -1.22.